The molecular weight excluding hydrogens is 372 g/mol. The molecule has 4 aromatic rings. The third kappa shape index (κ3) is 3.61. The van der Waals surface area contributed by atoms with Gasteiger partial charge in [0.2, 0.25) is 11.7 Å². The second-order valence-corrected chi connectivity index (χ2v) is 7.78. The number of aryl methyl sites for hydroxylation is 2. The lowest BCUT2D eigenvalue weighted by Crippen LogP contribution is -2.19. The molecule has 0 amide bonds. The molecule has 0 bridgehead atoms. The summed E-state index contributed by atoms with van der Waals surface area (Å²) in [6.07, 6.45) is 1.69. The van der Waals surface area contributed by atoms with Gasteiger partial charge in [0.25, 0.3) is 0 Å². The topological polar surface area (TPSA) is 69.0 Å². The first-order valence-electron chi connectivity index (χ1n) is 8.87. The summed E-state index contributed by atoms with van der Waals surface area (Å²) in [5.41, 5.74) is 3.61. The minimum atomic E-state index is -0.401. The molecular formula is C21H20N4O2S. The van der Waals surface area contributed by atoms with E-state index < -0.39 is 5.56 Å². The van der Waals surface area contributed by atoms with Crippen LogP contribution in [0.4, 0.5) is 11.6 Å². The van der Waals surface area contributed by atoms with Crippen LogP contribution in [0, 0.1) is 13.8 Å². The number of hydrogen-bond acceptors (Lipinski definition) is 6. The second-order valence-electron chi connectivity index (χ2n) is 6.54. The van der Waals surface area contributed by atoms with Gasteiger partial charge in [-0.15, -0.1) is 11.3 Å². The maximum absolute atomic E-state index is 12.3. The van der Waals surface area contributed by atoms with Crippen LogP contribution in [0.25, 0.3) is 10.2 Å². The average molecular weight is 392 g/mol. The van der Waals surface area contributed by atoms with E-state index in [-0.39, 0.29) is 5.75 Å². The highest BCUT2D eigenvalue weighted by atomic mass is 32.1. The van der Waals surface area contributed by atoms with Crippen molar-refractivity contribution >= 4 is 33.2 Å². The summed E-state index contributed by atoms with van der Waals surface area (Å²) in [4.78, 5) is 21.0. The molecule has 28 heavy (non-hydrogen) atoms. The fourth-order valence-electron chi connectivity index (χ4n) is 3.06. The first-order valence-corrected chi connectivity index (χ1v) is 9.69. The Bertz CT molecular complexity index is 1200. The van der Waals surface area contributed by atoms with Crippen molar-refractivity contribution in [2.45, 2.75) is 20.4 Å². The van der Waals surface area contributed by atoms with E-state index in [0.717, 1.165) is 32.0 Å². The van der Waals surface area contributed by atoms with Crippen LogP contribution in [0.2, 0.25) is 0 Å². The molecule has 0 aliphatic rings. The zero-order valence-electron chi connectivity index (χ0n) is 15.9. The van der Waals surface area contributed by atoms with Crippen LogP contribution in [-0.2, 0) is 6.54 Å². The van der Waals surface area contributed by atoms with E-state index in [4.69, 9.17) is 4.74 Å². The molecule has 142 valence electrons. The number of hydrogen-bond donors (Lipinski definition) is 1. The lowest BCUT2D eigenvalue weighted by atomic mass is 10.2. The summed E-state index contributed by atoms with van der Waals surface area (Å²) >= 11 is 1.64. The number of methoxy groups -OCH3 is 1. The van der Waals surface area contributed by atoms with E-state index in [1.165, 1.54) is 7.11 Å². The van der Waals surface area contributed by atoms with Crippen molar-refractivity contribution in [3.63, 3.8) is 0 Å². The molecule has 0 spiro atoms. The number of thiazole rings is 1. The van der Waals surface area contributed by atoms with Gasteiger partial charge in [0.15, 0.2) is 0 Å². The number of rotatable bonds is 5. The van der Waals surface area contributed by atoms with Gasteiger partial charge in [0.05, 0.1) is 35.1 Å². The van der Waals surface area contributed by atoms with Gasteiger partial charge >= 0.3 is 5.56 Å². The molecule has 2 aromatic carbocycles. The Morgan fingerprint density at radius 2 is 1.93 bits per heavy atom. The molecule has 4 rings (SSSR count). The number of benzene rings is 2. The van der Waals surface area contributed by atoms with Gasteiger partial charge in [-0.1, -0.05) is 30.3 Å². The van der Waals surface area contributed by atoms with Crippen LogP contribution < -0.4 is 15.6 Å². The summed E-state index contributed by atoms with van der Waals surface area (Å²) in [6, 6.07) is 14.1. The third-order valence-electron chi connectivity index (χ3n) is 4.47. The third-order valence-corrected chi connectivity index (χ3v) is 5.40. The molecule has 0 atom stereocenters. The number of ether oxygens (including phenoxy) is 1. The zero-order chi connectivity index (χ0) is 19.7. The highest BCUT2D eigenvalue weighted by molar-refractivity contribution is 7.18. The molecule has 0 saturated heterocycles. The van der Waals surface area contributed by atoms with E-state index in [1.54, 1.807) is 17.5 Å². The number of nitrogens with one attached hydrogen (secondary N) is 1. The van der Waals surface area contributed by atoms with E-state index in [0.29, 0.717) is 12.5 Å². The van der Waals surface area contributed by atoms with Crippen molar-refractivity contribution in [3.8, 4) is 5.75 Å². The highest BCUT2D eigenvalue weighted by Gasteiger charge is 2.12. The Morgan fingerprint density at radius 3 is 2.68 bits per heavy atom. The van der Waals surface area contributed by atoms with Gasteiger partial charge in [-0.2, -0.15) is 4.98 Å². The SMILES string of the molecule is COc1cn(Cc2ccccc2)c(Nc2cc3sc(C)nc3cc2C)nc1=O. The van der Waals surface area contributed by atoms with Crippen LogP contribution >= 0.6 is 11.3 Å². The summed E-state index contributed by atoms with van der Waals surface area (Å²) in [5, 5.41) is 4.35. The maximum atomic E-state index is 12.3. The summed E-state index contributed by atoms with van der Waals surface area (Å²) in [6.45, 7) is 4.57. The van der Waals surface area contributed by atoms with Crippen LogP contribution in [-0.4, -0.2) is 21.6 Å². The molecule has 0 unspecified atom stereocenters. The molecule has 0 radical (unpaired) electrons. The number of anilines is 2. The molecule has 1 N–H and O–H groups in total. The van der Waals surface area contributed by atoms with Crippen molar-refractivity contribution in [2.75, 3.05) is 12.4 Å². The fourth-order valence-corrected chi connectivity index (χ4v) is 3.91. The molecule has 0 aliphatic heterocycles. The minimum Gasteiger partial charge on any atom is -0.490 e. The molecule has 2 aromatic heterocycles. The van der Waals surface area contributed by atoms with Gasteiger partial charge < -0.3 is 14.6 Å². The van der Waals surface area contributed by atoms with Crippen LogP contribution in [0.1, 0.15) is 16.1 Å². The minimum absolute atomic E-state index is 0.215. The number of aromatic nitrogens is 3. The predicted octanol–water partition coefficient (Wildman–Crippen LogP) is 4.27. The maximum Gasteiger partial charge on any atom is 0.316 e. The summed E-state index contributed by atoms with van der Waals surface area (Å²) in [5.74, 6) is 0.685. The molecule has 2 heterocycles. The van der Waals surface area contributed by atoms with Gasteiger partial charge in [-0.3, -0.25) is 4.79 Å². The van der Waals surface area contributed by atoms with Gasteiger partial charge in [0.1, 0.15) is 0 Å². The van der Waals surface area contributed by atoms with E-state index in [1.807, 2.05) is 54.8 Å². The lowest BCUT2D eigenvalue weighted by molar-refractivity contribution is 0.402. The van der Waals surface area contributed by atoms with E-state index in [9.17, 15) is 4.79 Å². The monoisotopic (exact) mass is 392 g/mol. The van der Waals surface area contributed by atoms with E-state index in [2.05, 4.69) is 21.4 Å². The first-order chi connectivity index (χ1) is 13.5. The van der Waals surface area contributed by atoms with Crippen molar-refractivity contribution in [1.29, 1.82) is 0 Å². The number of nitrogens with zero attached hydrogens (tertiary/aromatic N) is 3. The highest BCUT2D eigenvalue weighted by Crippen LogP contribution is 2.29. The fraction of sp³-hybridized carbons (Fsp3) is 0.190. The van der Waals surface area contributed by atoms with Gasteiger partial charge in [-0.05, 0) is 37.1 Å². The Morgan fingerprint density at radius 1 is 1.14 bits per heavy atom. The second kappa shape index (κ2) is 7.44. The Hall–Kier alpha value is -3.19. The smallest absolute Gasteiger partial charge is 0.316 e. The largest absolute Gasteiger partial charge is 0.490 e. The van der Waals surface area contributed by atoms with Crippen LogP contribution in [0.3, 0.4) is 0 Å². The van der Waals surface area contributed by atoms with Gasteiger partial charge in [0, 0.05) is 5.69 Å². The lowest BCUT2D eigenvalue weighted by Gasteiger charge is -2.16. The van der Waals surface area contributed by atoms with E-state index >= 15 is 0 Å². The normalized spacial score (nSPS) is 11.0. The quantitative estimate of drug-likeness (QED) is 0.549. The van der Waals surface area contributed by atoms with Crippen molar-refractivity contribution in [2.24, 2.45) is 0 Å². The summed E-state index contributed by atoms with van der Waals surface area (Å²) < 4.78 is 8.16. The summed E-state index contributed by atoms with van der Waals surface area (Å²) in [7, 11) is 1.47. The standard InChI is InChI=1S/C21H20N4O2S/c1-13-9-17-19(28-14(2)22-17)10-16(13)23-21-24-20(26)18(27-3)12-25(21)11-15-7-5-4-6-8-15/h4-10,12H,11H2,1-3H3,(H,23,24,26). The van der Waals surface area contributed by atoms with Gasteiger partial charge in [-0.25, -0.2) is 4.98 Å². The molecule has 0 fully saturated rings. The van der Waals surface area contributed by atoms with Crippen LogP contribution in [0.5, 0.6) is 5.75 Å². The first kappa shape index (κ1) is 18.2. The molecule has 0 saturated carbocycles. The van der Waals surface area contributed by atoms with Crippen molar-refractivity contribution < 1.29 is 4.74 Å². The molecule has 0 aliphatic carbocycles. The molecule has 7 heteroatoms. The average Bonchev–Trinajstić information content (AvgIpc) is 3.03. The Balaban J connectivity index is 1.77. The Kier molecular flexibility index (Phi) is 4.83. The van der Waals surface area contributed by atoms with Crippen molar-refractivity contribution in [1.82, 2.24) is 14.5 Å². The van der Waals surface area contributed by atoms with Crippen molar-refractivity contribution in [3.05, 3.63) is 75.1 Å². The predicted molar refractivity (Wildman–Crippen MR) is 113 cm³/mol. The van der Waals surface area contributed by atoms with Crippen LogP contribution in [0.15, 0.2) is 53.5 Å². The number of fused-ring (bicyclic) bond motifs is 1. The zero-order valence-corrected chi connectivity index (χ0v) is 16.7. The molecule has 6 nitrogen and oxygen atoms in total. The Labute approximate surface area is 166 Å².